The SMILES string of the molecule is CCOC=NC1=C(C#N)C(c2ccc(Br)cc2)c2ccc3ccc(C)nc3c2O1. The van der Waals surface area contributed by atoms with Crippen LogP contribution in [0.25, 0.3) is 10.9 Å². The number of allylic oxidation sites excluding steroid dienone is 1. The molecule has 4 rings (SSSR count). The van der Waals surface area contributed by atoms with Gasteiger partial charge in [0.25, 0.3) is 0 Å². The lowest BCUT2D eigenvalue weighted by Crippen LogP contribution is -2.16. The Hall–Kier alpha value is -3.17. The number of ether oxygens (including phenoxy) is 2. The van der Waals surface area contributed by atoms with E-state index < -0.39 is 0 Å². The number of hydrogen-bond acceptors (Lipinski definition) is 5. The number of hydrogen-bond donors (Lipinski definition) is 0. The first-order valence-corrected chi connectivity index (χ1v) is 10.0. The van der Waals surface area contributed by atoms with Crippen LogP contribution in [0.15, 0.2) is 69.5 Å². The van der Waals surface area contributed by atoms with Crippen LogP contribution in [-0.2, 0) is 4.74 Å². The van der Waals surface area contributed by atoms with E-state index in [4.69, 9.17) is 14.5 Å². The van der Waals surface area contributed by atoms with E-state index in [1.807, 2.05) is 62.4 Å². The Bertz CT molecular complexity index is 1180. The minimum Gasteiger partial charge on any atom is -0.483 e. The van der Waals surface area contributed by atoms with Crippen molar-refractivity contribution in [3.63, 3.8) is 0 Å². The predicted molar refractivity (Wildman–Crippen MR) is 116 cm³/mol. The fourth-order valence-electron chi connectivity index (χ4n) is 3.41. The van der Waals surface area contributed by atoms with E-state index in [2.05, 4.69) is 27.0 Å². The van der Waals surface area contributed by atoms with Gasteiger partial charge < -0.3 is 9.47 Å². The van der Waals surface area contributed by atoms with Gasteiger partial charge in [-0.15, -0.1) is 0 Å². The summed E-state index contributed by atoms with van der Waals surface area (Å²) < 4.78 is 12.4. The molecule has 3 aromatic rings. The molecule has 1 atom stereocenters. The molecule has 0 bridgehead atoms. The maximum atomic E-state index is 9.96. The van der Waals surface area contributed by atoms with Crippen molar-refractivity contribution in [3.05, 3.63) is 81.3 Å². The highest BCUT2D eigenvalue weighted by Crippen LogP contribution is 2.46. The molecular formula is C23H18BrN3O2. The van der Waals surface area contributed by atoms with Crippen LogP contribution in [0.2, 0.25) is 0 Å². The van der Waals surface area contributed by atoms with Gasteiger partial charge in [0.15, 0.2) is 12.2 Å². The Labute approximate surface area is 177 Å². The molecule has 0 fully saturated rings. The maximum absolute atomic E-state index is 9.96. The van der Waals surface area contributed by atoms with Crippen LogP contribution < -0.4 is 4.74 Å². The smallest absolute Gasteiger partial charge is 0.236 e. The number of aromatic nitrogens is 1. The molecule has 1 aliphatic heterocycles. The van der Waals surface area contributed by atoms with E-state index in [9.17, 15) is 5.26 Å². The summed E-state index contributed by atoms with van der Waals surface area (Å²) in [6.45, 7) is 4.29. The molecule has 144 valence electrons. The van der Waals surface area contributed by atoms with Gasteiger partial charge in [-0.1, -0.05) is 46.3 Å². The van der Waals surface area contributed by atoms with E-state index in [1.54, 1.807) is 0 Å². The fraction of sp³-hybridized carbons (Fsp3) is 0.174. The van der Waals surface area contributed by atoms with Gasteiger partial charge in [-0.05, 0) is 37.6 Å². The van der Waals surface area contributed by atoms with Gasteiger partial charge in [0.05, 0.1) is 12.5 Å². The molecule has 2 aromatic carbocycles. The number of halogens is 1. The van der Waals surface area contributed by atoms with Gasteiger partial charge in [0.2, 0.25) is 5.88 Å². The van der Waals surface area contributed by atoms with Crippen LogP contribution in [0.3, 0.4) is 0 Å². The summed E-state index contributed by atoms with van der Waals surface area (Å²) in [6, 6.07) is 18.2. The number of nitrogens with zero attached hydrogens (tertiary/aromatic N) is 3. The third-order valence-corrected chi connectivity index (χ3v) is 5.28. The number of benzene rings is 2. The second kappa shape index (κ2) is 8.06. The third-order valence-electron chi connectivity index (χ3n) is 4.75. The summed E-state index contributed by atoms with van der Waals surface area (Å²) in [7, 11) is 0. The summed E-state index contributed by atoms with van der Waals surface area (Å²) in [5, 5.41) is 10.9. The number of aliphatic imine (C=N–C) groups is 1. The molecule has 0 saturated carbocycles. The van der Waals surface area contributed by atoms with E-state index in [1.165, 1.54) is 6.40 Å². The molecule has 0 spiro atoms. The minimum absolute atomic E-state index is 0.233. The summed E-state index contributed by atoms with van der Waals surface area (Å²) >= 11 is 3.48. The molecule has 29 heavy (non-hydrogen) atoms. The highest BCUT2D eigenvalue weighted by Gasteiger charge is 2.33. The molecule has 0 radical (unpaired) electrons. The monoisotopic (exact) mass is 447 g/mol. The molecule has 0 N–H and O–H groups in total. The van der Waals surface area contributed by atoms with Crippen molar-refractivity contribution in [3.8, 4) is 11.8 Å². The zero-order valence-corrected chi connectivity index (χ0v) is 17.6. The molecule has 1 aromatic heterocycles. The first kappa shape index (κ1) is 19.2. The lowest BCUT2D eigenvalue weighted by atomic mass is 9.83. The molecule has 0 aliphatic carbocycles. The van der Waals surface area contributed by atoms with E-state index in [0.717, 1.165) is 32.2 Å². The third kappa shape index (κ3) is 3.62. The van der Waals surface area contributed by atoms with E-state index in [-0.39, 0.29) is 11.8 Å². The Kier molecular flexibility index (Phi) is 5.32. The summed E-state index contributed by atoms with van der Waals surface area (Å²) in [5.41, 5.74) is 3.95. The largest absolute Gasteiger partial charge is 0.483 e. The van der Waals surface area contributed by atoms with Crippen LogP contribution in [0.1, 0.15) is 29.7 Å². The summed E-state index contributed by atoms with van der Waals surface area (Å²) in [5.74, 6) is 0.552. The fourth-order valence-corrected chi connectivity index (χ4v) is 3.67. The van der Waals surface area contributed by atoms with Gasteiger partial charge in [-0.2, -0.15) is 10.3 Å². The van der Waals surface area contributed by atoms with E-state index >= 15 is 0 Å². The number of rotatable bonds is 4. The zero-order chi connectivity index (χ0) is 20.4. The maximum Gasteiger partial charge on any atom is 0.236 e. The van der Waals surface area contributed by atoms with Crippen molar-refractivity contribution in [1.29, 1.82) is 5.26 Å². The van der Waals surface area contributed by atoms with Crippen molar-refractivity contribution in [1.82, 2.24) is 4.98 Å². The summed E-state index contributed by atoms with van der Waals surface area (Å²) in [4.78, 5) is 8.99. The predicted octanol–water partition coefficient (Wildman–Crippen LogP) is 5.63. The van der Waals surface area contributed by atoms with E-state index in [0.29, 0.717) is 17.9 Å². The van der Waals surface area contributed by atoms with Crippen LogP contribution in [-0.4, -0.2) is 18.0 Å². The lowest BCUT2D eigenvalue weighted by molar-refractivity contribution is 0.336. The van der Waals surface area contributed by atoms with Gasteiger partial charge in [0.1, 0.15) is 17.2 Å². The van der Waals surface area contributed by atoms with Crippen molar-refractivity contribution >= 4 is 33.2 Å². The first-order valence-electron chi connectivity index (χ1n) is 9.24. The van der Waals surface area contributed by atoms with Crippen molar-refractivity contribution in [2.75, 3.05) is 6.61 Å². The Morgan fingerprint density at radius 3 is 2.69 bits per heavy atom. The van der Waals surface area contributed by atoms with Crippen LogP contribution >= 0.6 is 15.9 Å². The second-order valence-electron chi connectivity index (χ2n) is 6.62. The highest BCUT2D eigenvalue weighted by molar-refractivity contribution is 9.10. The Balaban J connectivity index is 1.98. The zero-order valence-electron chi connectivity index (χ0n) is 16.0. The molecule has 0 saturated heterocycles. The van der Waals surface area contributed by atoms with Crippen molar-refractivity contribution in [2.45, 2.75) is 19.8 Å². The number of pyridine rings is 1. The van der Waals surface area contributed by atoms with Crippen LogP contribution in [0.4, 0.5) is 0 Å². The normalized spacial score (nSPS) is 15.9. The Morgan fingerprint density at radius 1 is 1.21 bits per heavy atom. The quantitative estimate of drug-likeness (QED) is 0.383. The average molecular weight is 448 g/mol. The van der Waals surface area contributed by atoms with Gasteiger partial charge >= 0.3 is 0 Å². The number of nitriles is 1. The molecule has 6 heteroatoms. The lowest BCUT2D eigenvalue weighted by Gasteiger charge is -2.27. The van der Waals surface area contributed by atoms with Crippen LogP contribution in [0, 0.1) is 18.3 Å². The number of aryl methyl sites for hydroxylation is 1. The minimum atomic E-state index is -0.308. The average Bonchev–Trinajstić information content (AvgIpc) is 2.73. The van der Waals surface area contributed by atoms with Gasteiger partial charge in [-0.25, -0.2) is 4.98 Å². The molecule has 2 heterocycles. The first-order chi connectivity index (χ1) is 14.1. The molecule has 0 amide bonds. The van der Waals surface area contributed by atoms with Crippen molar-refractivity contribution < 1.29 is 9.47 Å². The van der Waals surface area contributed by atoms with Gasteiger partial charge in [0, 0.05) is 21.1 Å². The van der Waals surface area contributed by atoms with Gasteiger partial charge in [-0.3, -0.25) is 0 Å². The number of fused-ring (bicyclic) bond motifs is 3. The molecular weight excluding hydrogens is 430 g/mol. The molecule has 1 unspecified atom stereocenters. The van der Waals surface area contributed by atoms with Crippen molar-refractivity contribution in [2.24, 2.45) is 4.99 Å². The highest BCUT2D eigenvalue weighted by atomic mass is 79.9. The second-order valence-corrected chi connectivity index (χ2v) is 7.53. The molecule has 1 aliphatic rings. The summed E-state index contributed by atoms with van der Waals surface area (Å²) in [6.07, 6.45) is 1.32. The van der Waals surface area contributed by atoms with Crippen LogP contribution in [0.5, 0.6) is 5.75 Å². The Morgan fingerprint density at radius 2 is 1.97 bits per heavy atom. The molecule has 5 nitrogen and oxygen atoms in total. The standard InChI is InChI=1S/C23H18BrN3O2/c1-3-28-13-26-23-19(12-25)20(15-6-9-17(24)10-7-15)18-11-8-16-5-4-14(2)27-21(16)22(18)29-23/h4-11,13,20H,3H2,1-2H3. The topological polar surface area (TPSA) is 67.5 Å².